The maximum absolute atomic E-state index is 11.0. The van der Waals surface area contributed by atoms with E-state index in [-0.39, 0.29) is 5.69 Å². The van der Waals surface area contributed by atoms with E-state index in [9.17, 15) is 10.1 Å². The van der Waals surface area contributed by atoms with Gasteiger partial charge in [0.1, 0.15) is 11.5 Å². The fourth-order valence-electron chi connectivity index (χ4n) is 2.22. The first-order valence-corrected chi connectivity index (χ1v) is 7.33. The van der Waals surface area contributed by atoms with E-state index in [1.807, 2.05) is 30.3 Å². The highest BCUT2D eigenvalue weighted by atomic mass is 16.6. The summed E-state index contributed by atoms with van der Waals surface area (Å²) in [4.78, 5) is 10.6. The molecule has 0 aliphatic carbocycles. The van der Waals surface area contributed by atoms with Crippen molar-refractivity contribution in [3.63, 3.8) is 0 Å². The largest absolute Gasteiger partial charge is 0.455 e. The number of anilines is 1. The summed E-state index contributed by atoms with van der Waals surface area (Å²) < 4.78 is 5.67. The molecule has 0 bridgehead atoms. The number of rotatable bonds is 5. The van der Waals surface area contributed by atoms with Gasteiger partial charge in [-0.05, 0) is 31.2 Å². The second kappa shape index (κ2) is 6.78. The minimum atomic E-state index is -0.395. The van der Waals surface area contributed by atoms with Crippen LogP contribution in [0.3, 0.4) is 0 Å². The van der Waals surface area contributed by atoms with Crippen LogP contribution >= 0.6 is 0 Å². The van der Waals surface area contributed by atoms with E-state index in [1.54, 1.807) is 37.4 Å². The lowest BCUT2D eigenvalue weighted by molar-refractivity contribution is -0.385. The number of nitrogens with one attached hydrogen (secondary N) is 1. The van der Waals surface area contributed by atoms with E-state index in [0.717, 1.165) is 5.69 Å². The van der Waals surface area contributed by atoms with Gasteiger partial charge in [-0.25, -0.2) is 0 Å². The Hall–Kier alpha value is -3.41. The first-order chi connectivity index (χ1) is 11.6. The number of aryl methyl sites for hydroxylation is 1. The van der Waals surface area contributed by atoms with Crippen LogP contribution in [0.4, 0.5) is 11.4 Å². The molecule has 120 valence electrons. The second-order valence-electron chi connectivity index (χ2n) is 5.20. The first kappa shape index (κ1) is 15.5. The highest BCUT2D eigenvalue weighted by molar-refractivity contribution is 5.78. The van der Waals surface area contributed by atoms with Crippen LogP contribution in [0.5, 0.6) is 0 Å². The Labute approximate surface area is 138 Å². The summed E-state index contributed by atoms with van der Waals surface area (Å²) in [6.45, 7) is 1.71. The molecule has 0 spiro atoms. The molecular formula is C18H15N3O3. The summed E-state index contributed by atoms with van der Waals surface area (Å²) in [5.74, 6) is 1.11. The Balaban J connectivity index is 1.76. The number of nitro groups is 1. The molecule has 0 saturated heterocycles. The molecule has 3 rings (SSSR count). The van der Waals surface area contributed by atoms with E-state index in [2.05, 4.69) is 10.5 Å². The van der Waals surface area contributed by atoms with Crippen LogP contribution in [0, 0.1) is 17.0 Å². The van der Waals surface area contributed by atoms with Crippen LogP contribution in [-0.4, -0.2) is 11.1 Å². The summed E-state index contributed by atoms with van der Waals surface area (Å²) in [6, 6.07) is 18.1. The molecule has 0 aliphatic heterocycles. The molecule has 6 nitrogen and oxygen atoms in total. The van der Waals surface area contributed by atoms with Gasteiger partial charge in [0.2, 0.25) is 0 Å². The van der Waals surface area contributed by atoms with Crippen molar-refractivity contribution < 1.29 is 9.34 Å². The minimum absolute atomic E-state index is 0.0739. The van der Waals surface area contributed by atoms with Gasteiger partial charge in [-0.3, -0.25) is 15.5 Å². The highest BCUT2D eigenvalue weighted by Crippen LogP contribution is 2.27. The first-order valence-electron chi connectivity index (χ1n) is 7.33. The van der Waals surface area contributed by atoms with Crippen molar-refractivity contribution in [1.29, 1.82) is 0 Å². The average Bonchev–Trinajstić information content (AvgIpc) is 3.05. The zero-order chi connectivity index (χ0) is 16.9. The Morgan fingerprint density at radius 3 is 2.67 bits per heavy atom. The average molecular weight is 321 g/mol. The summed E-state index contributed by atoms with van der Waals surface area (Å²) in [5, 5.41) is 15.1. The molecule has 24 heavy (non-hydrogen) atoms. The fourth-order valence-corrected chi connectivity index (χ4v) is 2.22. The molecule has 1 aromatic heterocycles. The lowest BCUT2D eigenvalue weighted by atomic mass is 10.1. The van der Waals surface area contributed by atoms with Crippen molar-refractivity contribution in [2.45, 2.75) is 6.92 Å². The molecule has 0 aliphatic rings. The van der Waals surface area contributed by atoms with Crippen LogP contribution in [0.25, 0.3) is 11.3 Å². The molecule has 1 heterocycles. The molecule has 2 aromatic carbocycles. The minimum Gasteiger partial charge on any atom is -0.455 e. The number of nitrogens with zero attached hydrogens (tertiary/aromatic N) is 2. The van der Waals surface area contributed by atoms with Crippen molar-refractivity contribution in [2.75, 3.05) is 5.43 Å². The molecule has 0 amide bonds. The van der Waals surface area contributed by atoms with Crippen molar-refractivity contribution >= 4 is 17.6 Å². The smallest absolute Gasteiger partial charge is 0.273 e. The van der Waals surface area contributed by atoms with Gasteiger partial charge in [0.25, 0.3) is 5.69 Å². The number of para-hydroxylation sites is 1. The third kappa shape index (κ3) is 3.49. The van der Waals surface area contributed by atoms with Gasteiger partial charge in [0.05, 0.1) is 16.8 Å². The lowest BCUT2D eigenvalue weighted by Gasteiger charge is -2.00. The third-order valence-electron chi connectivity index (χ3n) is 3.48. The second-order valence-corrected chi connectivity index (χ2v) is 5.20. The molecule has 6 heteroatoms. The van der Waals surface area contributed by atoms with Crippen LogP contribution in [0.1, 0.15) is 11.3 Å². The Morgan fingerprint density at radius 1 is 1.12 bits per heavy atom. The van der Waals surface area contributed by atoms with Crippen molar-refractivity contribution in [3.8, 4) is 11.3 Å². The maximum Gasteiger partial charge on any atom is 0.273 e. The molecule has 0 atom stereocenters. The van der Waals surface area contributed by atoms with E-state index in [4.69, 9.17) is 4.42 Å². The molecule has 0 unspecified atom stereocenters. The molecule has 0 fully saturated rings. The number of hydrogen-bond donors (Lipinski definition) is 1. The number of furan rings is 1. The van der Waals surface area contributed by atoms with Crippen LogP contribution in [-0.2, 0) is 0 Å². The summed E-state index contributed by atoms with van der Waals surface area (Å²) in [6.07, 6.45) is 1.55. The van der Waals surface area contributed by atoms with Gasteiger partial charge in [0.15, 0.2) is 0 Å². The molecular weight excluding hydrogens is 306 g/mol. The van der Waals surface area contributed by atoms with Gasteiger partial charge in [0, 0.05) is 17.2 Å². The number of benzene rings is 2. The number of hydrazone groups is 1. The standard InChI is InChI=1S/C18H15N3O3/c1-13-7-8-14(11-17(13)21(22)23)18-10-9-16(24-18)12-19-20-15-5-3-2-4-6-15/h2-12,20H,1H3/b19-12-. The van der Waals surface area contributed by atoms with E-state index in [1.165, 1.54) is 6.07 Å². The van der Waals surface area contributed by atoms with Crippen LogP contribution < -0.4 is 5.43 Å². The summed E-state index contributed by atoms with van der Waals surface area (Å²) >= 11 is 0. The van der Waals surface area contributed by atoms with Crippen molar-refractivity contribution in [3.05, 3.63) is 82.1 Å². The van der Waals surface area contributed by atoms with E-state index in [0.29, 0.717) is 22.6 Å². The van der Waals surface area contributed by atoms with Gasteiger partial charge in [-0.15, -0.1) is 0 Å². The monoisotopic (exact) mass is 321 g/mol. The van der Waals surface area contributed by atoms with Gasteiger partial charge in [-0.2, -0.15) is 5.10 Å². The Morgan fingerprint density at radius 2 is 1.92 bits per heavy atom. The molecule has 0 radical (unpaired) electrons. The maximum atomic E-state index is 11.0. The van der Waals surface area contributed by atoms with Crippen molar-refractivity contribution in [1.82, 2.24) is 0 Å². The van der Waals surface area contributed by atoms with Gasteiger partial charge < -0.3 is 4.42 Å². The summed E-state index contributed by atoms with van der Waals surface area (Å²) in [7, 11) is 0. The molecule has 0 saturated carbocycles. The normalized spacial score (nSPS) is 10.9. The lowest BCUT2D eigenvalue weighted by Crippen LogP contribution is -1.91. The number of hydrogen-bond acceptors (Lipinski definition) is 5. The highest BCUT2D eigenvalue weighted by Gasteiger charge is 2.13. The number of nitro benzene ring substituents is 1. The molecule has 1 N–H and O–H groups in total. The fraction of sp³-hybridized carbons (Fsp3) is 0.0556. The molecule has 3 aromatic rings. The van der Waals surface area contributed by atoms with Gasteiger partial charge >= 0.3 is 0 Å². The Bertz CT molecular complexity index is 886. The predicted molar refractivity (Wildman–Crippen MR) is 93.2 cm³/mol. The summed E-state index contributed by atoms with van der Waals surface area (Å²) in [5.41, 5.74) is 5.11. The third-order valence-corrected chi connectivity index (χ3v) is 3.48. The zero-order valence-corrected chi connectivity index (χ0v) is 13.0. The van der Waals surface area contributed by atoms with Gasteiger partial charge in [-0.1, -0.05) is 30.3 Å². The van der Waals surface area contributed by atoms with Crippen molar-refractivity contribution in [2.24, 2.45) is 5.10 Å². The Kier molecular flexibility index (Phi) is 4.38. The van der Waals surface area contributed by atoms with E-state index < -0.39 is 4.92 Å². The van der Waals surface area contributed by atoms with E-state index >= 15 is 0 Å². The van der Waals surface area contributed by atoms with Crippen LogP contribution in [0.2, 0.25) is 0 Å². The van der Waals surface area contributed by atoms with Crippen LogP contribution in [0.15, 0.2) is 70.2 Å². The topological polar surface area (TPSA) is 80.7 Å². The zero-order valence-electron chi connectivity index (χ0n) is 13.0. The quantitative estimate of drug-likeness (QED) is 0.423. The SMILES string of the molecule is Cc1ccc(-c2ccc(/C=N\Nc3ccccc3)o2)cc1[N+](=O)[O-]. The predicted octanol–water partition coefficient (Wildman–Crippen LogP) is 4.61.